The number of anilines is 1. The molecule has 2 aliphatic heterocycles. The summed E-state index contributed by atoms with van der Waals surface area (Å²) in [7, 11) is 0. The average molecular weight is 393 g/mol. The van der Waals surface area contributed by atoms with E-state index in [-0.39, 0.29) is 6.09 Å². The Morgan fingerprint density at radius 1 is 1.07 bits per heavy atom. The molecule has 3 rings (SSSR count). The summed E-state index contributed by atoms with van der Waals surface area (Å²) in [5.74, 6) is 2.47. The Labute approximate surface area is 167 Å². The average Bonchev–Trinajstić information content (AvgIpc) is 2.67. The molecule has 0 bridgehead atoms. The lowest BCUT2D eigenvalue weighted by Crippen LogP contribution is -2.44. The maximum atomic E-state index is 12.2. The van der Waals surface area contributed by atoms with Crippen molar-refractivity contribution >= 4 is 23.7 Å². The van der Waals surface area contributed by atoms with Crippen LogP contribution >= 0.6 is 11.8 Å². The molecule has 0 aliphatic carbocycles. The molecule has 3 heterocycles. The van der Waals surface area contributed by atoms with Crippen LogP contribution in [0.15, 0.2) is 17.4 Å². The van der Waals surface area contributed by atoms with E-state index in [1.165, 1.54) is 12.8 Å². The largest absolute Gasteiger partial charge is 0.444 e. The standard InChI is InChI=1S/C20H32N4O2S/c1-20(2,3)26-19(25)24-11-7-16(8-12-24)15-5-9-23(10-6-15)17-13-21-14-18(22-17)27-4/h13-16H,5-12H2,1-4H3. The van der Waals surface area contributed by atoms with E-state index in [0.29, 0.717) is 0 Å². The Morgan fingerprint density at radius 2 is 1.67 bits per heavy atom. The number of rotatable bonds is 3. The highest BCUT2D eigenvalue weighted by Gasteiger charge is 2.32. The lowest BCUT2D eigenvalue weighted by atomic mass is 9.79. The summed E-state index contributed by atoms with van der Waals surface area (Å²) < 4.78 is 5.51. The van der Waals surface area contributed by atoms with E-state index in [9.17, 15) is 4.79 Å². The third-order valence-electron chi connectivity index (χ3n) is 5.53. The van der Waals surface area contributed by atoms with Crippen LogP contribution in [0, 0.1) is 11.8 Å². The van der Waals surface area contributed by atoms with Crippen molar-refractivity contribution in [3.8, 4) is 0 Å². The number of carbonyl (C=O) groups is 1. The summed E-state index contributed by atoms with van der Waals surface area (Å²) in [6.45, 7) is 9.50. The van der Waals surface area contributed by atoms with Gasteiger partial charge in [-0.25, -0.2) is 9.78 Å². The predicted octanol–water partition coefficient (Wildman–Crippen LogP) is 4.06. The van der Waals surface area contributed by atoms with Gasteiger partial charge in [-0.1, -0.05) is 0 Å². The fourth-order valence-electron chi connectivity index (χ4n) is 4.07. The van der Waals surface area contributed by atoms with E-state index >= 15 is 0 Å². The van der Waals surface area contributed by atoms with E-state index in [1.807, 2.05) is 44.3 Å². The van der Waals surface area contributed by atoms with Crippen molar-refractivity contribution in [3.63, 3.8) is 0 Å². The zero-order chi connectivity index (χ0) is 19.4. The van der Waals surface area contributed by atoms with E-state index in [4.69, 9.17) is 4.74 Å². The highest BCUT2D eigenvalue weighted by Crippen LogP contribution is 2.34. The monoisotopic (exact) mass is 392 g/mol. The SMILES string of the molecule is CSc1cncc(N2CCC(C3CCN(C(=O)OC(C)(C)C)CC3)CC2)n1. The Balaban J connectivity index is 1.46. The molecule has 0 N–H and O–H groups in total. The minimum absolute atomic E-state index is 0.164. The lowest BCUT2D eigenvalue weighted by Gasteiger charge is -2.40. The molecule has 2 aliphatic rings. The summed E-state index contributed by atoms with van der Waals surface area (Å²) in [6, 6.07) is 0. The summed E-state index contributed by atoms with van der Waals surface area (Å²) in [4.78, 5) is 25.5. The molecule has 27 heavy (non-hydrogen) atoms. The molecule has 1 amide bonds. The fourth-order valence-corrected chi connectivity index (χ4v) is 4.42. The van der Waals surface area contributed by atoms with Crippen molar-refractivity contribution in [1.29, 1.82) is 0 Å². The van der Waals surface area contributed by atoms with Gasteiger partial charge in [0.15, 0.2) is 0 Å². The second-order valence-corrected chi connectivity index (χ2v) is 9.38. The van der Waals surface area contributed by atoms with Gasteiger partial charge in [-0.3, -0.25) is 4.98 Å². The van der Waals surface area contributed by atoms with Crippen molar-refractivity contribution < 1.29 is 9.53 Å². The topological polar surface area (TPSA) is 58.6 Å². The smallest absolute Gasteiger partial charge is 0.410 e. The molecule has 1 aromatic rings. The molecular weight excluding hydrogens is 360 g/mol. The second kappa shape index (κ2) is 8.67. The molecule has 7 heteroatoms. The summed E-state index contributed by atoms with van der Waals surface area (Å²) in [5, 5.41) is 0.976. The van der Waals surface area contributed by atoms with Crippen LogP contribution in [0.25, 0.3) is 0 Å². The number of hydrogen-bond acceptors (Lipinski definition) is 6. The number of ether oxygens (including phenoxy) is 1. The number of likely N-dealkylation sites (tertiary alicyclic amines) is 1. The highest BCUT2D eigenvalue weighted by atomic mass is 32.2. The summed E-state index contributed by atoms with van der Waals surface area (Å²) >= 11 is 1.63. The Bertz CT molecular complexity index is 633. The van der Waals surface area contributed by atoms with E-state index in [1.54, 1.807) is 11.8 Å². The van der Waals surface area contributed by atoms with Gasteiger partial charge in [-0.2, -0.15) is 0 Å². The van der Waals surface area contributed by atoms with Crippen LogP contribution in [0.1, 0.15) is 46.5 Å². The second-order valence-electron chi connectivity index (χ2n) is 8.55. The number of thioether (sulfide) groups is 1. The molecule has 0 aromatic carbocycles. The molecule has 1 aromatic heterocycles. The Kier molecular flexibility index (Phi) is 6.50. The van der Waals surface area contributed by atoms with Crippen LogP contribution in [0.4, 0.5) is 10.6 Å². The summed E-state index contributed by atoms with van der Waals surface area (Å²) in [6.07, 6.45) is 10.1. The number of hydrogen-bond donors (Lipinski definition) is 0. The van der Waals surface area contributed by atoms with Crippen molar-refractivity contribution in [1.82, 2.24) is 14.9 Å². The first-order valence-corrected chi connectivity index (χ1v) is 11.2. The number of amides is 1. The normalized spacial score (nSPS) is 20.0. The lowest BCUT2D eigenvalue weighted by molar-refractivity contribution is 0.0152. The zero-order valence-corrected chi connectivity index (χ0v) is 17.8. The number of aromatic nitrogens is 2. The Morgan fingerprint density at radius 3 is 2.22 bits per heavy atom. The van der Waals surface area contributed by atoms with Gasteiger partial charge in [0, 0.05) is 26.2 Å². The van der Waals surface area contributed by atoms with Crippen LogP contribution in [0.2, 0.25) is 0 Å². The van der Waals surface area contributed by atoms with Crippen LogP contribution in [-0.4, -0.2) is 59.0 Å². The number of carbonyl (C=O) groups excluding carboxylic acids is 1. The molecule has 2 saturated heterocycles. The van der Waals surface area contributed by atoms with Crippen LogP contribution in [0.5, 0.6) is 0 Å². The predicted molar refractivity (Wildman–Crippen MR) is 109 cm³/mol. The molecule has 150 valence electrons. The van der Waals surface area contributed by atoms with Gasteiger partial charge in [0.05, 0.1) is 12.4 Å². The fraction of sp³-hybridized carbons (Fsp3) is 0.750. The molecule has 6 nitrogen and oxygen atoms in total. The van der Waals surface area contributed by atoms with Gasteiger partial charge in [0.25, 0.3) is 0 Å². The third-order valence-corrected chi connectivity index (χ3v) is 6.15. The highest BCUT2D eigenvalue weighted by molar-refractivity contribution is 7.98. The number of piperidine rings is 2. The van der Waals surface area contributed by atoms with Crippen LogP contribution < -0.4 is 4.90 Å². The van der Waals surface area contributed by atoms with Gasteiger partial charge in [-0.15, -0.1) is 11.8 Å². The minimum atomic E-state index is -0.419. The molecular formula is C20H32N4O2S. The van der Waals surface area contributed by atoms with Crippen molar-refractivity contribution in [2.45, 2.75) is 57.1 Å². The van der Waals surface area contributed by atoms with E-state index < -0.39 is 5.60 Å². The van der Waals surface area contributed by atoms with Gasteiger partial charge < -0.3 is 14.5 Å². The molecule has 0 atom stereocenters. The first-order valence-electron chi connectivity index (χ1n) is 9.94. The molecule has 0 radical (unpaired) electrons. The minimum Gasteiger partial charge on any atom is -0.444 e. The quantitative estimate of drug-likeness (QED) is 0.723. The number of nitrogens with zero attached hydrogens (tertiary/aromatic N) is 4. The molecule has 0 spiro atoms. The van der Waals surface area contributed by atoms with E-state index in [2.05, 4.69) is 14.9 Å². The first kappa shape index (κ1) is 20.2. The van der Waals surface area contributed by atoms with Crippen molar-refractivity contribution in [2.75, 3.05) is 37.3 Å². The van der Waals surface area contributed by atoms with Gasteiger partial charge in [0.1, 0.15) is 16.4 Å². The third kappa shape index (κ3) is 5.50. The van der Waals surface area contributed by atoms with Crippen molar-refractivity contribution in [2.24, 2.45) is 11.8 Å². The summed E-state index contributed by atoms with van der Waals surface area (Å²) in [5.41, 5.74) is -0.419. The first-order chi connectivity index (χ1) is 12.9. The molecule has 0 saturated carbocycles. The van der Waals surface area contributed by atoms with Crippen LogP contribution in [-0.2, 0) is 4.74 Å². The molecule has 2 fully saturated rings. The van der Waals surface area contributed by atoms with Crippen molar-refractivity contribution in [3.05, 3.63) is 12.4 Å². The van der Waals surface area contributed by atoms with E-state index in [0.717, 1.165) is 61.7 Å². The zero-order valence-electron chi connectivity index (χ0n) is 17.0. The maximum absolute atomic E-state index is 12.2. The molecule has 0 unspecified atom stereocenters. The van der Waals surface area contributed by atoms with Gasteiger partial charge >= 0.3 is 6.09 Å². The van der Waals surface area contributed by atoms with Crippen LogP contribution in [0.3, 0.4) is 0 Å². The van der Waals surface area contributed by atoms with Gasteiger partial charge in [-0.05, 0) is 64.5 Å². The maximum Gasteiger partial charge on any atom is 0.410 e. The van der Waals surface area contributed by atoms with Gasteiger partial charge in [0.2, 0.25) is 0 Å². The Hall–Kier alpha value is -1.50.